The third-order valence-corrected chi connectivity index (χ3v) is 8.67. The van der Waals surface area contributed by atoms with E-state index >= 15 is 0 Å². The number of hydrogen-bond donors (Lipinski definition) is 2. The van der Waals surface area contributed by atoms with Gasteiger partial charge in [-0.05, 0) is 49.5 Å². The third-order valence-electron chi connectivity index (χ3n) is 6.07. The second-order valence-electron chi connectivity index (χ2n) is 8.10. The van der Waals surface area contributed by atoms with Crippen LogP contribution in [0.5, 0.6) is 0 Å². The number of nitrogens with one attached hydrogen (secondary N) is 2. The summed E-state index contributed by atoms with van der Waals surface area (Å²) in [6.07, 6.45) is 1.95. The van der Waals surface area contributed by atoms with Gasteiger partial charge in [-0.3, -0.25) is 9.59 Å². The first-order valence-corrected chi connectivity index (χ1v) is 13.2. The quantitative estimate of drug-likeness (QED) is 0.536. The van der Waals surface area contributed by atoms with E-state index in [9.17, 15) is 22.8 Å². The fourth-order valence-electron chi connectivity index (χ4n) is 4.25. The van der Waals surface area contributed by atoms with Crippen LogP contribution in [0.3, 0.4) is 0 Å². The van der Waals surface area contributed by atoms with Crippen molar-refractivity contribution in [2.75, 3.05) is 46.4 Å². The van der Waals surface area contributed by atoms with Crippen molar-refractivity contribution >= 4 is 39.1 Å². The van der Waals surface area contributed by atoms with E-state index in [0.717, 1.165) is 11.3 Å². The van der Waals surface area contributed by atoms with Gasteiger partial charge in [0.15, 0.2) is 5.76 Å². The molecule has 2 saturated heterocycles. The summed E-state index contributed by atoms with van der Waals surface area (Å²) in [6, 6.07) is 4.56. The molecule has 0 bridgehead atoms. The van der Waals surface area contributed by atoms with Crippen LogP contribution in [-0.2, 0) is 19.6 Å². The molecule has 0 unspecified atom stereocenters. The van der Waals surface area contributed by atoms with Gasteiger partial charge in [0.25, 0.3) is 5.91 Å². The van der Waals surface area contributed by atoms with Gasteiger partial charge in [-0.15, -0.1) is 11.3 Å². The number of ether oxygens (including phenoxy) is 1. The molecular weight excluding hydrogens is 484 g/mol. The number of sulfonamides is 1. The van der Waals surface area contributed by atoms with Crippen molar-refractivity contribution in [3.63, 3.8) is 0 Å². The minimum absolute atomic E-state index is 0.0448. The summed E-state index contributed by atoms with van der Waals surface area (Å²) < 4.78 is 39.1. The molecule has 0 aliphatic carbocycles. The van der Waals surface area contributed by atoms with Crippen LogP contribution in [0.2, 0.25) is 0 Å². The van der Waals surface area contributed by atoms with E-state index < -0.39 is 21.5 Å². The first-order chi connectivity index (χ1) is 16.3. The SMILES string of the molecule is COC(=O)c1sccc1S(=O)(=O)NC1(C(=O)N2CCN(C(=O)c3ccco3)CC2)CCNCC1. The summed E-state index contributed by atoms with van der Waals surface area (Å²) in [6.45, 7) is 2.08. The monoisotopic (exact) mass is 510 g/mol. The molecule has 0 spiro atoms. The zero-order chi connectivity index (χ0) is 24.3. The van der Waals surface area contributed by atoms with Crippen LogP contribution in [0, 0.1) is 0 Å². The van der Waals surface area contributed by atoms with Crippen LogP contribution in [0.1, 0.15) is 33.1 Å². The lowest BCUT2D eigenvalue weighted by molar-refractivity contribution is -0.140. The molecule has 2 aliphatic heterocycles. The predicted octanol–water partition coefficient (Wildman–Crippen LogP) is 0.513. The summed E-state index contributed by atoms with van der Waals surface area (Å²) in [4.78, 5) is 41.2. The van der Waals surface area contributed by atoms with Gasteiger partial charge in [0.05, 0.1) is 13.4 Å². The van der Waals surface area contributed by atoms with E-state index in [1.165, 1.54) is 24.8 Å². The van der Waals surface area contributed by atoms with E-state index in [0.29, 0.717) is 26.2 Å². The van der Waals surface area contributed by atoms with E-state index in [2.05, 4.69) is 10.0 Å². The Morgan fingerprint density at radius 3 is 2.41 bits per heavy atom. The Kier molecular flexibility index (Phi) is 7.07. The Morgan fingerprint density at radius 1 is 1.12 bits per heavy atom. The van der Waals surface area contributed by atoms with Crippen molar-refractivity contribution in [1.82, 2.24) is 19.8 Å². The molecule has 2 fully saturated rings. The number of thiophene rings is 1. The highest BCUT2D eigenvalue weighted by atomic mass is 32.2. The number of piperazine rings is 1. The second-order valence-corrected chi connectivity index (χ2v) is 10.7. The summed E-state index contributed by atoms with van der Waals surface area (Å²) in [7, 11) is -3.01. The minimum atomic E-state index is -4.19. The minimum Gasteiger partial charge on any atom is -0.465 e. The largest absolute Gasteiger partial charge is 0.465 e. The van der Waals surface area contributed by atoms with Gasteiger partial charge in [0, 0.05) is 26.2 Å². The average molecular weight is 511 g/mol. The maximum absolute atomic E-state index is 13.7. The van der Waals surface area contributed by atoms with Gasteiger partial charge >= 0.3 is 5.97 Å². The van der Waals surface area contributed by atoms with Gasteiger partial charge in [-0.25, -0.2) is 13.2 Å². The molecule has 0 aromatic carbocycles. The molecule has 2 aromatic rings. The van der Waals surface area contributed by atoms with Crippen molar-refractivity contribution in [2.45, 2.75) is 23.3 Å². The zero-order valence-electron chi connectivity index (χ0n) is 18.6. The Labute approximate surface area is 201 Å². The Morgan fingerprint density at radius 2 is 1.79 bits per heavy atom. The molecule has 13 heteroatoms. The standard InChI is InChI=1S/C21H26N4O7S2/c1-31-19(27)17-16(4-14-33-17)34(29,30)23-21(5-7-22-8-6-21)20(28)25-11-9-24(10-12-25)18(26)15-3-2-13-32-15/h2-4,13-14,22-23H,5-12H2,1H3. The molecule has 4 rings (SSSR count). The summed E-state index contributed by atoms with van der Waals surface area (Å²) in [5, 5.41) is 4.65. The maximum atomic E-state index is 13.7. The Balaban J connectivity index is 1.51. The second kappa shape index (κ2) is 9.86. The number of methoxy groups -OCH3 is 1. The molecule has 2 aromatic heterocycles. The molecule has 0 atom stereocenters. The summed E-state index contributed by atoms with van der Waals surface area (Å²) >= 11 is 0.962. The third kappa shape index (κ3) is 4.73. The number of esters is 1. The lowest BCUT2D eigenvalue weighted by atomic mass is 9.87. The van der Waals surface area contributed by atoms with Crippen LogP contribution >= 0.6 is 11.3 Å². The number of amides is 2. The van der Waals surface area contributed by atoms with Gasteiger partial charge in [0.2, 0.25) is 15.9 Å². The lowest BCUT2D eigenvalue weighted by Gasteiger charge is -2.43. The number of nitrogens with zero attached hydrogens (tertiary/aromatic N) is 2. The van der Waals surface area contributed by atoms with Gasteiger partial charge in [-0.1, -0.05) is 0 Å². The molecule has 2 amide bonds. The highest BCUT2D eigenvalue weighted by molar-refractivity contribution is 7.89. The number of rotatable bonds is 6. The molecule has 0 saturated carbocycles. The molecule has 0 radical (unpaired) electrons. The van der Waals surface area contributed by atoms with Crippen LogP contribution in [-0.4, -0.2) is 87.9 Å². The van der Waals surface area contributed by atoms with Crippen LogP contribution in [0.25, 0.3) is 0 Å². The molecular formula is C21H26N4O7S2. The Hall–Kier alpha value is -2.74. The van der Waals surface area contributed by atoms with Gasteiger partial charge < -0.3 is 24.3 Å². The summed E-state index contributed by atoms with van der Waals surface area (Å²) in [5.74, 6) is -1.10. The molecule has 4 heterocycles. The van der Waals surface area contributed by atoms with E-state index in [4.69, 9.17) is 9.15 Å². The van der Waals surface area contributed by atoms with Gasteiger partial charge in [-0.2, -0.15) is 4.72 Å². The molecule has 2 N–H and O–H groups in total. The molecule has 11 nitrogen and oxygen atoms in total. The van der Waals surface area contributed by atoms with Crippen molar-refractivity contribution in [3.05, 3.63) is 40.5 Å². The van der Waals surface area contributed by atoms with Gasteiger partial charge in [0.1, 0.15) is 15.3 Å². The number of hydrogen-bond acceptors (Lipinski definition) is 9. The topological polar surface area (TPSA) is 138 Å². The predicted molar refractivity (Wildman–Crippen MR) is 122 cm³/mol. The van der Waals surface area contributed by atoms with Crippen molar-refractivity contribution in [2.24, 2.45) is 0 Å². The fourth-order valence-corrected chi connectivity index (χ4v) is 7.00. The van der Waals surface area contributed by atoms with E-state index in [-0.39, 0.29) is 53.3 Å². The number of piperidine rings is 1. The van der Waals surface area contributed by atoms with Crippen molar-refractivity contribution in [1.29, 1.82) is 0 Å². The number of carbonyl (C=O) groups is 3. The number of furan rings is 1. The summed E-state index contributed by atoms with van der Waals surface area (Å²) in [5.41, 5.74) is -1.35. The van der Waals surface area contributed by atoms with Crippen LogP contribution in [0.15, 0.2) is 39.2 Å². The molecule has 2 aliphatic rings. The zero-order valence-corrected chi connectivity index (χ0v) is 20.2. The fraction of sp³-hybridized carbons (Fsp3) is 0.476. The first kappa shape index (κ1) is 24.4. The average Bonchev–Trinajstić information content (AvgIpc) is 3.56. The highest BCUT2D eigenvalue weighted by Gasteiger charge is 2.46. The molecule has 34 heavy (non-hydrogen) atoms. The highest BCUT2D eigenvalue weighted by Crippen LogP contribution is 2.29. The van der Waals surface area contributed by atoms with E-state index in [1.807, 2.05) is 0 Å². The van der Waals surface area contributed by atoms with Crippen LogP contribution < -0.4 is 10.0 Å². The first-order valence-electron chi connectivity index (χ1n) is 10.8. The van der Waals surface area contributed by atoms with Crippen molar-refractivity contribution in [3.8, 4) is 0 Å². The lowest BCUT2D eigenvalue weighted by Crippen LogP contribution is -2.65. The van der Waals surface area contributed by atoms with Crippen molar-refractivity contribution < 1.29 is 32.0 Å². The maximum Gasteiger partial charge on any atom is 0.349 e. The molecule has 184 valence electrons. The normalized spacial score (nSPS) is 18.5. The van der Waals surface area contributed by atoms with E-state index in [1.54, 1.807) is 21.9 Å². The Bertz CT molecular complexity index is 1150. The number of carbonyl (C=O) groups excluding carboxylic acids is 3. The van der Waals surface area contributed by atoms with Crippen LogP contribution in [0.4, 0.5) is 0 Å². The smallest absolute Gasteiger partial charge is 0.349 e.